The number of carbonyl (C=O) groups excluding carboxylic acids is 1. The van der Waals surface area contributed by atoms with Gasteiger partial charge in [0.05, 0.1) is 4.90 Å². The molecule has 0 aliphatic heterocycles. The number of thiol groups is 1. The van der Waals surface area contributed by atoms with Crippen LogP contribution in [-0.2, 0) is 19.6 Å². The summed E-state index contributed by atoms with van der Waals surface area (Å²) in [6.07, 6.45) is 0. The summed E-state index contributed by atoms with van der Waals surface area (Å²) in [4.78, 5) is 21.5. The maximum atomic E-state index is 11.9. The minimum absolute atomic E-state index is 0.0976. The number of rotatable bonds is 6. The monoisotopic (exact) mass is 318 g/mol. The zero-order valence-electron chi connectivity index (χ0n) is 10.5. The van der Waals surface area contributed by atoms with Gasteiger partial charge in [-0.25, -0.2) is 8.42 Å². The molecule has 1 atom stereocenters. The van der Waals surface area contributed by atoms with E-state index in [1.807, 2.05) is 4.72 Å². The lowest BCUT2D eigenvalue weighted by Gasteiger charge is -2.12. The molecule has 1 aromatic rings. The summed E-state index contributed by atoms with van der Waals surface area (Å²) >= 11 is 3.78. The number of anilines is 1. The molecule has 0 saturated heterocycles. The van der Waals surface area contributed by atoms with Crippen LogP contribution >= 0.6 is 12.6 Å². The van der Waals surface area contributed by atoms with Gasteiger partial charge in [0.25, 0.3) is 0 Å². The molecule has 0 aliphatic carbocycles. The first-order valence-corrected chi connectivity index (χ1v) is 7.61. The smallest absolute Gasteiger partial charge is 0.322 e. The molecule has 0 aromatic heterocycles. The number of sulfonamides is 1. The summed E-state index contributed by atoms with van der Waals surface area (Å²) in [6, 6.07) is 4.05. The third-order valence-electron chi connectivity index (χ3n) is 2.26. The van der Waals surface area contributed by atoms with Crippen LogP contribution in [0.5, 0.6) is 0 Å². The zero-order valence-corrected chi connectivity index (χ0v) is 12.2. The summed E-state index contributed by atoms with van der Waals surface area (Å²) < 4.78 is 25.9. The van der Waals surface area contributed by atoms with Crippen molar-refractivity contribution in [1.82, 2.24) is 4.72 Å². The van der Waals surface area contributed by atoms with Crippen molar-refractivity contribution in [3.63, 3.8) is 0 Å². The summed E-state index contributed by atoms with van der Waals surface area (Å²) in [5.41, 5.74) is 0.445. The van der Waals surface area contributed by atoms with Crippen LogP contribution in [0.3, 0.4) is 0 Å². The lowest BCUT2D eigenvalue weighted by molar-refractivity contribution is -0.138. The van der Waals surface area contributed by atoms with Gasteiger partial charge < -0.3 is 10.4 Å². The highest BCUT2D eigenvalue weighted by molar-refractivity contribution is 7.89. The highest BCUT2D eigenvalue weighted by Gasteiger charge is 2.24. The molecule has 0 heterocycles. The van der Waals surface area contributed by atoms with E-state index in [-0.39, 0.29) is 16.6 Å². The third kappa shape index (κ3) is 4.51. The lowest BCUT2D eigenvalue weighted by Crippen LogP contribution is -2.42. The molecule has 0 saturated carbocycles. The number of carboxylic acid groups (broad SMARTS) is 1. The molecule has 1 unspecified atom stereocenters. The van der Waals surface area contributed by atoms with Gasteiger partial charge in [-0.15, -0.1) is 0 Å². The second-order valence-corrected chi connectivity index (χ2v) is 5.98. The van der Waals surface area contributed by atoms with Crippen LogP contribution in [0.25, 0.3) is 0 Å². The molecular weight excluding hydrogens is 304 g/mol. The van der Waals surface area contributed by atoms with Gasteiger partial charge in [0.1, 0.15) is 6.04 Å². The molecule has 1 aromatic carbocycles. The van der Waals surface area contributed by atoms with Crippen molar-refractivity contribution in [2.24, 2.45) is 0 Å². The van der Waals surface area contributed by atoms with Gasteiger partial charge in [0.2, 0.25) is 15.9 Å². The summed E-state index contributed by atoms with van der Waals surface area (Å²) in [6.45, 7) is 1.33. The molecule has 9 heteroatoms. The molecule has 0 spiro atoms. The fourth-order valence-electron chi connectivity index (χ4n) is 1.34. The van der Waals surface area contributed by atoms with Crippen molar-refractivity contribution in [2.45, 2.75) is 17.9 Å². The minimum Gasteiger partial charge on any atom is -0.480 e. The summed E-state index contributed by atoms with van der Waals surface area (Å²) in [5, 5.41) is 11.3. The molecular formula is C11H14N2O5S2. The van der Waals surface area contributed by atoms with Crippen LogP contribution in [0.1, 0.15) is 6.92 Å². The fourth-order valence-corrected chi connectivity index (χ4v) is 2.90. The molecule has 0 radical (unpaired) electrons. The van der Waals surface area contributed by atoms with Crippen LogP contribution in [0.4, 0.5) is 5.69 Å². The van der Waals surface area contributed by atoms with Crippen molar-refractivity contribution in [3.05, 3.63) is 24.3 Å². The Labute approximate surface area is 121 Å². The van der Waals surface area contributed by atoms with E-state index in [9.17, 15) is 18.0 Å². The topological polar surface area (TPSA) is 113 Å². The van der Waals surface area contributed by atoms with Crippen molar-refractivity contribution in [1.29, 1.82) is 0 Å². The Balaban J connectivity index is 2.92. The Hall–Kier alpha value is -1.58. The number of carbonyl (C=O) groups is 2. The molecule has 3 N–H and O–H groups in total. The number of hydrogen-bond acceptors (Lipinski definition) is 5. The maximum absolute atomic E-state index is 11.9. The van der Waals surface area contributed by atoms with Crippen LogP contribution in [0, 0.1) is 0 Å². The Bertz CT molecular complexity index is 598. The first-order chi connectivity index (χ1) is 9.26. The Morgan fingerprint density at radius 3 is 2.25 bits per heavy atom. The van der Waals surface area contributed by atoms with E-state index in [1.54, 1.807) is 0 Å². The van der Waals surface area contributed by atoms with E-state index in [0.717, 1.165) is 0 Å². The standard InChI is InChI=1S/C11H14N2O5S2/c1-7(14)12-8-2-4-9(5-3-8)20(17,18)13-10(6-19)11(15)16/h2-5,10,13,19H,6H2,1H3,(H,12,14)(H,15,16). The predicted octanol–water partition coefficient (Wildman–Crippen LogP) is 0.306. The Morgan fingerprint density at radius 2 is 1.85 bits per heavy atom. The summed E-state index contributed by atoms with van der Waals surface area (Å²) in [5.74, 6) is -1.75. The maximum Gasteiger partial charge on any atom is 0.322 e. The van der Waals surface area contributed by atoms with Gasteiger partial charge in [0, 0.05) is 18.4 Å². The van der Waals surface area contributed by atoms with Gasteiger partial charge in [-0.05, 0) is 24.3 Å². The predicted molar refractivity (Wildman–Crippen MR) is 76.3 cm³/mol. The SMILES string of the molecule is CC(=O)Nc1ccc(S(=O)(=O)NC(CS)C(=O)O)cc1. The molecule has 7 nitrogen and oxygen atoms in total. The number of benzene rings is 1. The average Bonchev–Trinajstić information content (AvgIpc) is 2.35. The number of carboxylic acids is 1. The molecule has 0 aliphatic rings. The van der Waals surface area contributed by atoms with Gasteiger partial charge in [-0.3, -0.25) is 9.59 Å². The molecule has 0 bridgehead atoms. The second-order valence-electron chi connectivity index (χ2n) is 3.90. The summed E-state index contributed by atoms with van der Waals surface area (Å²) in [7, 11) is -3.95. The van der Waals surface area contributed by atoms with Gasteiger partial charge in [-0.2, -0.15) is 17.4 Å². The van der Waals surface area contributed by atoms with E-state index >= 15 is 0 Å². The number of hydrogen-bond donors (Lipinski definition) is 4. The molecule has 0 fully saturated rings. The van der Waals surface area contributed by atoms with Crippen molar-refractivity contribution in [3.8, 4) is 0 Å². The van der Waals surface area contributed by atoms with E-state index < -0.39 is 22.0 Å². The van der Waals surface area contributed by atoms with E-state index in [2.05, 4.69) is 17.9 Å². The van der Waals surface area contributed by atoms with E-state index in [1.165, 1.54) is 31.2 Å². The zero-order chi connectivity index (χ0) is 15.3. The minimum atomic E-state index is -3.95. The van der Waals surface area contributed by atoms with E-state index in [4.69, 9.17) is 5.11 Å². The van der Waals surface area contributed by atoms with Crippen LogP contribution < -0.4 is 10.0 Å². The first kappa shape index (κ1) is 16.5. The highest BCUT2D eigenvalue weighted by Crippen LogP contribution is 2.14. The molecule has 20 heavy (non-hydrogen) atoms. The average molecular weight is 318 g/mol. The number of aliphatic carboxylic acids is 1. The van der Waals surface area contributed by atoms with Crippen molar-refractivity contribution >= 4 is 40.2 Å². The van der Waals surface area contributed by atoms with Crippen LogP contribution in [0.2, 0.25) is 0 Å². The Kier molecular flexibility index (Phi) is 5.54. The molecule has 1 amide bonds. The third-order valence-corrected chi connectivity index (χ3v) is 4.12. The Morgan fingerprint density at radius 1 is 1.30 bits per heavy atom. The quantitative estimate of drug-likeness (QED) is 0.564. The van der Waals surface area contributed by atoms with Gasteiger partial charge >= 0.3 is 5.97 Å². The number of nitrogens with one attached hydrogen (secondary N) is 2. The van der Waals surface area contributed by atoms with Gasteiger partial charge in [-0.1, -0.05) is 0 Å². The highest BCUT2D eigenvalue weighted by atomic mass is 32.2. The van der Waals surface area contributed by atoms with Crippen LogP contribution in [0.15, 0.2) is 29.2 Å². The van der Waals surface area contributed by atoms with Gasteiger partial charge in [0.15, 0.2) is 0 Å². The first-order valence-electron chi connectivity index (χ1n) is 5.50. The largest absolute Gasteiger partial charge is 0.480 e. The number of amides is 1. The molecule has 110 valence electrons. The fraction of sp³-hybridized carbons (Fsp3) is 0.273. The van der Waals surface area contributed by atoms with Crippen molar-refractivity contribution in [2.75, 3.05) is 11.1 Å². The van der Waals surface area contributed by atoms with Crippen molar-refractivity contribution < 1.29 is 23.1 Å². The normalized spacial score (nSPS) is 12.7. The molecule has 1 rings (SSSR count). The second kappa shape index (κ2) is 6.73. The lowest BCUT2D eigenvalue weighted by atomic mass is 10.3. The van der Waals surface area contributed by atoms with Crippen LogP contribution in [-0.4, -0.2) is 37.2 Å². The van der Waals surface area contributed by atoms with E-state index in [0.29, 0.717) is 5.69 Å².